The lowest BCUT2D eigenvalue weighted by Crippen LogP contribution is -2.41. The van der Waals surface area contributed by atoms with E-state index >= 15 is 0 Å². The molecule has 0 bridgehead atoms. The van der Waals surface area contributed by atoms with Crippen LogP contribution in [0.4, 0.5) is 5.69 Å². The fourth-order valence-corrected chi connectivity index (χ4v) is 2.07. The van der Waals surface area contributed by atoms with Crippen LogP contribution in [-0.4, -0.2) is 17.3 Å². The van der Waals surface area contributed by atoms with Crippen LogP contribution in [0.3, 0.4) is 0 Å². The van der Waals surface area contributed by atoms with Gasteiger partial charge in [-0.25, -0.2) is 0 Å². The normalized spacial score (nSPS) is 14.5. The predicted octanol–water partition coefficient (Wildman–Crippen LogP) is 3.35. The smallest absolute Gasteiger partial charge is 0.0661 e. The molecule has 0 aliphatic carbocycles. The van der Waals surface area contributed by atoms with E-state index in [1.54, 1.807) is 0 Å². The van der Waals surface area contributed by atoms with Crippen molar-refractivity contribution in [1.82, 2.24) is 0 Å². The van der Waals surface area contributed by atoms with Crippen molar-refractivity contribution in [3.8, 4) is 0 Å². The van der Waals surface area contributed by atoms with Crippen LogP contribution in [0.25, 0.3) is 0 Å². The lowest BCUT2D eigenvalue weighted by molar-refractivity contribution is 0.197. The van der Waals surface area contributed by atoms with Crippen LogP contribution in [0.15, 0.2) is 24.3 Å². The molecule has 1 atom stereocenters. The molecule has 0 radical (unpaired) electrons. The van der Waals surface area contributed by atoms with Gasteiger partial charge in [0.25, 0.3) is 0 Å². The Morgan fingerprint density at radius 3 is 2.56 bits per heavy atom. The largest absolute Gasteiger partial charge is 0.394 e. The van der Waals surface area contributed by atoms with Crippen LogP contribution >= 0.6 is 0 Å². The third-order valence-electron chi connectivity index (χ3n) is 3.14. The van der Waals surface area contributed by atoms with E-state index < -0.39 is 0 Å². The number of hydrogen-bond acceptors (Lipinski definition) is 2. The van der Waals surface area contributed by atoms with Crippen LogP contribution in [0.1, 0.15) is 38.7 Å². The fraction of sp³-hybridized carbons (Fsp3) is 0.571. The first-order valence-electron chi connectivity index (χ1n) is 6.11. The molecular weight excluding hydrogens is 198 g/mol. The number of benzene rings is 1. The van der Waals surface area contributed by atoms with Crippen molar-refractivity contribution >= 4 is 5.69 Å². The Bertz CT molecular complexity index is 318. The Morgan fingerprint density at radius 1 is 1.31 bits per heavy atom. The molecule has 0 aliphatic rings. The van der Waals surface area contributed by atoms with Gasteiger partial charge in [-0.2, -0.15) is 0 Å². The molecule has 0 heterocycles. The maximum absolute atomic E-state index is 9.58. The second-order valence-corrected chi connectivity index (χ2v) is 4.54. The number of aliphatic hydroxyl groups is 1. The Morgan fingerprint density at radius 2 is 2.06 bits per heavy atom. The average Bonchev–Trinajstić information content (AvgIpc) is 2.28. The molecule has 0 saturated carbocycles. The molecule has 1 rings (SSSR count). The lowest BCUT2D eigenvalue weighted by atomic mass is 9.91. The highest BCUT2D eigenvalue weighted by Crippen LogP contribution is 2.23. The molecule has 0 fully saturated rings. The lowest BCUT2D eigenvalue weighted by Gasteiger charge is -2.33. The molecular formula is C14H23NO. The number of aliphatic hydroxyl groups excluding tert-OH is 1. The highest BCUT2D eigenvalue weighted by atomic mass is 16.3. The highest BCUT2D eigenvalue weighted by Gasteiger charge is 2.25. The maximum Gasteiger partial charge on any atom is 0.0661 e. The van der Waals surface area contributed by atoms with E-state index in [1.807, 2.05) is 6.07 Å². The molecule has 0 saturated heterocycles. The molecule has 1 aromatic rings. The number of nitrogens with one attached hydrogen (secondary N) is 1. The molecule has 0 aliphatic heterocycles. The summed E-state index contributed by atoms with van der Waals surface area (Å²) < 4.78 is 0. The van der Waals surface area contributed by atoms with Crippen LogP contribution in [-0.2, 0) is 0 Å². The first kappa shape index (κ1) is 13.0. The molecule has 2 N–H and O–H groups in total. The van der Waals surface area contributed by atoms with Gasteiger partial charge in [0.15, 0.2) is 0 Å². The fourth-order valence-electron chi connectivity index (χ4n) is 2.07. The maximum atomic E-state index is 9.58. The van der Waals surface area contributed by atoms with Gasteiger partial charge in [0.1, 0.15) is 0 Å². The Balaban J connectivity index is 2.82. The molecule has 0 amide bonds. The van der Waals surface area contributed by atoms with Gasteiger partial charge in [-0.1, -0.05) is 32.4 Å². The predicted molar refractivity (Wildman–Crippen MR) is 69.8 cm³/mol. The van der Waals surface area contributed by atoms with Crippen LogP contribution in [0.5, 0.6) is 0 Å². The molecule has 2 nitrogen and oxygen atoms in total. The summed E-state index contributed by atoms with van der Waals surface area (Å²) in [6, 6.07) is 8.30. The van der Waals surface area contributed by atoms with Gasteiger partial charge in [0.2, 0.25) is 0 Å². The van der Waals surface area contributed by atoms with Crippen molar-refractivity contribution < 1.29 is 5.11 Å². The molecule has 0 spiro atoms. The number of hydrogen-bond donors (Lipinski definition) is 2. The summed E-state index contributed by atoms with van der Waals surface area (Å²) in [7, 11) is 0. The van der Waals surface area contributed by atoms with E-state index in [4.69, 9.17) is 0 Å². The summed E-state index contributed by atoms with van der Waals surface area (Å²) >= 11 is 0. The van der Waals surface area contributed by atoms with E-state index in [9.17, 15) is 5.11 Å². The van der Waals surface area contributed by atoms with E-state index in [-0.39, 0.29) is 12.1 Å². The van der Waals surface area contributed by atoms with E-state index in [1.165, 1.54) is 5.56 Å². The van der Waals surface area contributed by atoms with E-state index in [2.05, 4.69) is 44.3 Å². The van der Waals surface area contributed by atoms with Crippen molar-refractivity contribution in [3.63, 3.8) is 0 Å². The summed E-state index contributed by atoms with van der Waals surface area (Å²) in [5.41, 5.74) is 2.18. The molecule has 90 valence electrons. The summed E-state index contributed by atoms with van der Waals surface area (Å²) in [6.45, 7) is 6.54. The zero-order valence-electron chi connectivity index (χ0n) is 10.6. The second-order valence-electron chi connectivity index (χ2n) is 4.54. The minimum Gasteiger partial charge on any atom is -0.394 e. The first-order valence-corrected chi connectivity index (χ1v) is 6.11. The van der Waals surface area contributed by atoms with Crippen molar-refractivity contribution in [1.29, 1.82) is 0 Å². The molecule has 16 heavy (non-hydrogen) atoms. The van der Waals surface area contributed by atoms with Gasteiger partial charge >= 0.3 is 0 Å². The van der Waals surface area contributed by atoms with E-state index in [0.717, 1.165) is 24.9 Å². The minimum atomic E-state index is -0.164. The van der Waals surface area contributed by atoms with Crippen molar-refractivity contribution in [3.05, 3.63) is 29.8 Å². The first-order chi connectivity index (χ1) is 7.65. The quantitative estimate of drug-likeness (QED) is 0.772. The Kier molecular flexibility index (Phi) is 4.81. The van der Waals surface area contributed by atoms with Crippen LogP contribution in [0, 0.1) is 6.92 Å². The number of rotatable bonds is 6. The Labute approximate surface area is 98.7 Å². The standard InChI is InChI=1S/C14H23NO/c1-4-9-14(5-2,11-16)15-13-8-6-7-12(3)10-13/h6-8,10,15-16H,4-5,9,11H2,1-3H3. The van der Waals surface area contributed by atoms with Crippen molar-refractivity contribution in [2.45, 2.75) is 45.6 Å². The van der Waals surface area contributed by atoms with Gasteiger partial charge in [0, 0.05) is 5.69 Å². The number of aryl methyl sites for hydroxylation is 1. The summed E-state index contributed by atoms with van der Waals surface area (Å²) in [4.78, 5) is 0. The van der Waals surface area contributed by atoms with Gasteiger partial charge in [-0.05, 0) is 37.5 Å². The highest BCUT2D eigenvalue weighted by molar-refractivity contribution is 5.47. The zero-order valence-corrected chi connectivity index (χ0v) is 10.6. The third-order valence-corrected chi connectivity index (χ3v) is 3.14. The summed E-state index contributed by atoms with van der Waals surface area (Å²) in [5, 5.41) is 13.1. The zero-order chi connectivity index (χ0) is 12.0. The molecule has 1 unspecified atom stereocenters. The third kappa shape index (κ3) is 3.24. The van der Waals surface area contributed by atoms with E-state index in [0.29, 0.717) is 0 Å². The van der Waals surface area contributed by atoms with Crippen LogP contribution in [0.2, 0.25) is 0 Å². The monoisotopic (exact) mass is 221 g/mol. The Hall–Kier alpha value is -1.02. The van der Waals surface area contributed by atoms with Gasteiger partial charge in [0.05, 0.1) is 12.1 Å². The second kappa shape index (κ2) is 5.90. The summed E-state index contributed by atoms with van der Waals surface area (Å²) in [5.74, 6) is 0. The SMILES string of the molecule is CCCC(CC)(CO)Nc1cccc(C)c1. The van der Waals surface area contributed by atoms with Crippen molar-refractivity contribution in [2.24, 2.45) is 0 Å². The van der Waals surface area contributed by atoms with Gasteiger partial charge < -0.3 is 10.4 Å². The molecule has 0 aromatic heterocycles. The topological polar surface area (TPSA) is 32.3 Å². The van der Waals surface area contributed by atoms with Gasteiger partial charge in [-0.3, -0.25) is 0 Å². The molecule has 1 aromatic carbocycles. The minimum absolute atomic E-state index is 0.164. The summed E-state index contributed by atoms with van der Waals surface area (Å²) in [6.07, 6.45) is 3.01. The molecule has 2 heteroatoms. The van der Waals surface area contributed by atoms with Crippen LogP contribution < -0.4 is 5.32 Å². The van der Waals surface area contributed by atoms with Gasteiger partial charge in [-0.15, -0.1) is 0 Å². The van der Waals surface area contributed by atoms with Crippen molar-refractivity contribution in [2.75, 3.05) is 11.9 Å². The average molecular weight is 221 g/mol. The number of anilines is 1.